The van der Waals surface area contributed by atoms with E-state index in [0.717, 1.165) is 5.56 Å². The van der Waals surface area contributed by atoms with Crippen molar-refractivity contribution in [2.75, 3.05) is 19.6 Å². The molecule has 0 radical (unpaired) electrons. The van der Waals surface area contributed by atoms with Gasteiger partial charge in [-0.1, -0.05) is 12.1 Å². The molecule has 2 heterocycles. The summed E-state index contributed by atoms with van der Waals surface area (Å²) in [4.78, 5) is 38.3. The summed E-state index contributed by atoms with van der Waals surface area (Å²) >= 11 is 0. The molecule has 1 aromatic heterocycles. The second kappa shape index (κ2) is 8.64. The van der Waals surface area contributed by atoms with E-state index in [4.69, 9.17) is 0 Å². The molecule has 1 aromatic carbocycles. The van der Waals surface area contributed by atoms with Gasteiger partial charge in [0.15, 0.2) is 5.69 Å². The molecule has 2 N–H and O–H groups in total. The van der Waals surface area contributed by atoms with Crippen molar-refractivity contribution in [3.63, 3.8) is 0 Å². The predicted molar refractivity (Wildman–Crippen MR) is 99.0 cm³/mol. The highest BCUT2D eigenvalue weighted by Crippen LogP contribution is 2.17. The third-order valence-electron chi connectivity index (χ3n) is 4.39. The fourth-order valence-corrected chi connectivity index (χ4v) is 3.02. The maximum Gasteiger partial charge on any atom is 0.272 e. The first kappa shape index (κ1) is 19.5. The van der Waals surface area contributed by atoms with E-state index in [1.165, 1.54) is 22.9 Å². The Morgan fingerprint density at radius 3 is 2.64 bits per heavy atom. The van der Waals surface area contributed by atoms with Gasteiger partial charge in [-0.2, -0.15) is 5.10 Å². The van der Waals surface area contributed by atoms with Gasteiger partial charge in [0.1, 0.15) is 11.5 Å². The van der Waals surface area contributed by atoms with Crippen molar-refractivity contribution < 1.29 is 18.8 Å². The average Bonchev–Trinajstić information content (AvgIpc) is 3.05. The first-order valence-electron chi connectivity index (χ1n) is 9.14. The van der Waals surface area contributed by atoms with Gasteiger partial charge in [0, 0.05) is 32.2 Å². The first-order valence-corrected chi connectivity index (χ1v) is 9.14. The Hall–Kier alpha value is -3.23. The second-order valence-corrected chi connectivity index (χ2v) is 6.48. The number of nitrogens with one attached hydrogen (secondary N) is 2. The van der Waals surface area contributed by atoms with E-state index < -0.39 is 5.91 Å². The molecule has 0 aliphatic carbocycles. The lowest BCUT2D eigenvalue weighted by atomic mass is 10.2. The smallest absolute Gasteiger partial charge is 0.272 e. The van der Waals surface area contributed by atoms with Gasteiger partial charge in [0.05, 0.1) is 6.54 Å². The Labute approximate surface area is 161 Å². The van der Waals surface area contributed by atoms with Crippen LogP contribution in [0, 0.1) is 5.82 Å². The molecule has 0 bridgehead atoms. The quantitative estimate of drug-likeness (QED) is 0.771. The second-order valence-electron chi connectivity index (χ2n) is 6.48. The fraction of sp³-hybridized carbons (Fsp3) is 0.368. The number of fused-ring (bicyclic) bond motifs is 1. The van der Waals surface area contributed by atoms with Gasteiger partial charge in [-0.15, -0.1) is 0 Å². The highest BCUT2D eigenvalue weighted by molar-refractivity contribution is 5.99. The number of aryl methyl sites for hydroxylation is 1. The molecule has 1 aliphatic rings. The van der Waals surface area contributed by atoms with E-state index in [0.29, 0.717) is 38.3 Å². The van der Waals surface area contributed by atoms with Gasteiger partial charge >= 0.3 is 0 Å². The Balaban J connectivity index is 1.70. The topological polar surface area (TPSA) is 96.3 Å². The Morgan fingerprint density at radius 2 is 1.93 bits per heavy atom. The first-order chi connectivity index (χ1) is 13.5. The maximum atomic E-state index is 13.1. The van der Waals surface area contributed by atoms with Crippen LogP contribution in [0.15, 0.2) is 30.3 Å². The number of aromatic nitrogens is 2. The van der Waals surface area contributed by atoms with Crippen molar-refractivity contribution in [1.29, 1.82) is 0 Å². The Kier molecular flexibility index (Phi) is 6.03. The minimum Gasteiger partial charge on any atom is -0.355 e. The number of carbonyl (C=O) groups excluding carboxylic acids is 3. The number of benzene rings is 1. The third kappa shape index (κ3) is 4.54. The number of amides is 3. The molecular formula is C19H22FN5O3. The van der Waals surface area contributed by atoms with E-state index in [9.17, 15) is 18.8 Å². The molecule has 1 aliphatic heterocycles. The minimum absolute atomic E-state index is 0.0938. The van der Waals surface area contributed by atoms with Crippen molar-refractivity contribution in [2.45, 2.75) is 26.4 Å². The molecule has 9 heteroatoms. The van der Waals surface area contributed by atoms with Crippen LogP contribution < -0.4 is 10.6 Å². The molecule has 28 heavy (non-hydrogen) atoms. The van der Waals surface area contributed by atoms with Crippen LogP contribution in [0.1, 0.15) is 39.9 Å². The van der Waals surface area contributed by atoms with E-state index in [2.05, 4.69) is 15.7 Å². The highest BCUT2D eigenvalue weighted by atomic mass is 19.1. The van der Waals surface area contributed by atoms with Crippen LogP contribution in [0.4, 0.5) is 4.39 Å². The zero-order valence-electron chi connectivity index (χ0n) is 15.6. The Bertz CT molecular complexity index is 878. The van der Waals surface area contributed by atoms with Crippen LogP contribution in [0.2, 0.25) is 0 Å². The zero-order valence-corrected chi connectivity index (χ0v) is 15.6. The fourth-order valence-electron chi connectivity index (χ4n) is 3.02. The molecule has 0 atom stereocenters. The molecule has 148 valence electrons. The summed E-state index contributed by atoms with van der Waals surface area (Å²) in [6, 6.07) is 7.45. The van der Waals surface area contributed by atoms with Gasteiger partial charge in [0.2, 0.25) is 5.91 Å². The van der Waals surface area contributed by atoms with Crippen molar-refractivity contribution >= 4 is 17.7 Å². The number of nitrogens with zero attached hydrogens (tertiary/aromatic N) is 3. The van der Waals surface area contributed by atoms with Gasteiger partial charge in [-0.25, -0.2) is 4.39 Å². The molecule has 3 rings (SSSR count). The van der Waals surface area contributed by atoms with Gasteiger partial charge < -0.3 is 15.5 Å². The SMILES string of the molecule is CCNC(=O)CNC(=O)c1cc2n(n1)CCCN(Cc1ccc(F)cc1)C2=O. The minimum atomic E-state index is -0.510. The summed E-state index contributed by atoms with van der Waals surface area (Å²) < 4.78 is 14.6. The lowest BCUT2D eigenvalue weighted by Crippen LogP contribution is -2.37. The van der Waals surface area contributed by atoms with Crippen LogP contribution in [0.25, 0.3) is 0 Å². The van der Waals surface area contributed by atoms with Crippen LogP contribution in [0.3, 0.4) is 0 Å². The van der Waals surface area contributed by atoms with E-state index in [1.54, 1.807) is 24.0 Å². The predicted octanol–water partition coefficient (Wildman–Crippen LogP) is 0.934. The molecule has 0 unspecified atom stereocenters. The lowest BCUT2D eigenvalue weighted by molar-refractivity contribution is -0.120. The summed E-state index contributed by atoms with van der Waals surface area (Å²) in [5, 5.41) is 9.29. The normalized spacial score (nSPS) is 13.6. The van der Waals surface area contributed by atoms with Crippen molar-refractivity contribution in [3.05, 3.63) is 53.1 Å². The summed E-state index contributed by atoms with van der Waals surface area (Å²) in [6.07, 6.45) is 0.682. The van der Waals surface area contributed by atoms with Gasteiger partial charge in [0.25, 0.3) is 11.8 Å². The van der Waals surface area contributed by atoms with Crippen LogP contribution >= 0.6 is 0 Å². The highest BCUT2D eigenvalue weighted by Gasteiger charge is 2.26. The molecule has 0 fully saturated rings. The van der Waals surface area contributed by atoms with Crippen LogP contribution in [-0.2, 0) is 17.9 Å². The summed E-state index contributed by atoms with van der Waals surface area (Å²) in [7, 11) is 0. The van der Waals surface area contributed by atoms with Gasteiger partial charge in [-0.3, -0.25) is 19.1 Å². The maximum absolute atomic E-state index is 13.1. The zero-order chi connectivity index (χ0) is 20.1. The molecular weight excluding hydrogens is 365 g/mol. The molecule has 0 saturated carbocycles. The summed E-state index contributed by atoms with van der Waals surface area (Å²) in [5.74, 6) is -1.37. The van der Waals surface area contributed by atoms with E-state index >= 15 is 0 Å². The molecule has 8 nitrogen and oxygen atoms in total. The third-order valence-corrected chi connectivity index (χ3v) is 4.39. The average molecular weight is 387 g/mol. The number of hydrogen-bond acceptors (Lipinski definition) is 4. The largest absolute Gasteiger partial charge is 0.355 e. The van der Waals surface area contributed by atoms with Crippen LogP contribution in [-0.4, -0.2) is 52.0 Å². The molecule has 3 amide bonds. The number of hydrogen-bond donors (Lipinski definition) is 2. The van der Waals surface area contributed by atoms with E-state index in [1.807, 2.05) is 0 Å². The van der Waals surface area contributed by atoms with E-state index in [-0.39, 0.29) is 29.9 Å². The standard InChI is InChI=1S/C19H22FN5O3/c1-2-21-17(26)11-22-18(27)15-10-16-19(28)24(8-3-9-25(16)23-15)12-13-4-6-14(20)7-5-13/h4-7,10H,2-3,8-9,11-12H2,1H3,(H,21,26)(H,22,27). The van der Waals surface area contributed by atoms with Gasteiger partial charge in [-0.05, 0) is 31.0 Å². The Morgan fingerprint density at radius 1 is 1.18 bits per heavy atom. The lowest BCUT2D eigenvalue weighted by Gasteiger charge is -2.20. The monoisotopic (exact) mass is 387 g/mol. The molecule has 2 aromatic rings. The molecule has 0 spiro atoms. The van der Waals surface area contributed by atoms with Crippen LogP contribution in [0.5, 0.6) is 0 Å². The number of likely N-dealkylation sites (N-methyl/N-ethyl adjacent to an activating group) is 1. The molecule has 0 saturated heterocycles. The number of halogens is 1. The van der Waals surface area contributed by atoms with Crippen molar-refractivity contribution in [3.8, 4) is 0 Å². The summed E-state index contributed by atoms with van der Waals surface area (Å²) in [6.45, 7) is 3.51. The summed E-state index contributed by atoms with van der Waals surface area (Å²) in [5.41, 5.74) is 1.24. The van der Waals surface area contributed by atoms with Crippen molar-refractivity contribution in [1.82, 2.24) is 25.3 Å². The number of rotatable bonds is 6. The van der Waals surface area contributed by atoms with Crippen molar-refractivity contribution in [2.24, 2.45) is 0 Å². The number of carbonyl (C=O) groups is 3.